The predicted molar refractivity (Wildman–Crippen MR) is 74.4 cm³/mol. The van der Waals surface area contributed by atoms with Gasteiger partial charge in [-0.05, 0) is 23.7 Å². The Balaban J connectivity index is 0.000000280. The van der Waals surface area contributed by atoms with Crippen molar-refractivity contribution in [3.05, 3.63) is 29.8 Å². The lowest BCUT2D eigenvalue weighted by Crippen LogP contribution is -2.23. The van der Waals surface area contributed by atoms with Crippen LogP contribution in [-0.2, 0) is 4.65 Å². The maximum atomic E-state index is 5.78. The summed E-state index contributed by atoms with van der Waals surface area (Å²) in [5, 5.41) is 0. The van der Waals surface area contributed by atoms with Gasteiger partial charge in [-0.25, -0.2) is 0 Å². The van der Waals surface area contributed by atoms with E-state index in [1.807, 2.05) is 6.26 Å². The van der Waals surface area contributed by atoms with Crippen molar-refractivity contribution >= 4 is 24.1 Å². The van der Waals surface area contributed by atoms with E-state index in [0.717, 1.165) is 12.3 Å². The molecule has 0 saturated carbocycles. The van der Waals surface area contributed by atoms with Crippen molar-refractivity contribution in [2.45, 2.75) is 26.3 Å². The number of nitrogens with two attached hydrogens (primary N) is 1. The van der Waals surface area contributed by atoms with Gasteiger partial charge >= 0.3 is 6.92 Å². The lowest BCUT2D eigenvalue weighted by molar-refractivity contribution is 0.221. The SMILES string of the molecule is CCC1OB(C)c2ccccc21.CSCN. The van der Waals surface area contributed by atoms with Crippen molar-refractivity contribution in [1.82, 2.24) is 0 Å². The van der Waals surface area contributed by atoms with E-state index in [4.69, 9.17) is 10.4 Å². The first-order chi connectivity index (χ1) is 7.74. The number of thioether (sulfide) groups is 1. The molecule has 0 saturated heterocycles. The molecule has 1 aliphatic heterocycles. The molecule has 1 aliphatic rings. The minimum absolute atomic E-state index is 0.283. The Morgan fingerprint density at radius 2 is 2.06 bits per heavy atom. The Hall–Kier alpha value is -0.445. The van der Waals surface area contributed by atoms with Crippen LogP contribution in [0.1, 0.15) is 25.0 Å². The van der Waals surface area contributed by atoms with Crippen molar-refractivity contribution in [3.8, 4) is 0 Å². The third-order valence-corrected chi connectivity index (χ3v) is 3.02. The summed E-state index contributed by atoms with van der Waals surface area (Å²) in [5.41, 5.74) is 7.74. The van der Waals surface area contributed by atoms with Gasteiger partial charge in [-0.15, -0.1) is 0 Å². The van der Waals surface area contributed by atoms with Crippen LogP contribution in [0.3, 0.4) is 0 Å². The molecule has 0 radical (unpaired) electrons. The minimum Gasteiger partial charge on any atom is -0.424 e. The van der Waals surface area contributed by atoms with Gasteiger partial charge in [0.25, 0.3) is 0 Å². The molecule has 0 aromatic heterocycles. The lowest BCUT2D eigenvalue weighted by Gasteiger charge is -2.08. The van der Waals surface area contributed by atoms with E-state index < -0.39 is 0 Å². The largest absolute Gasteiger partial charge is 0.424 e. The zero-order valence-corrected chi connectivity index (χ0v) is 11.1. The molecule has 1 aromatic rings. The standard InChI is InChI=1S/C10H13BO.C2H7NS/c1-3-10-8-6-4-5-7-9(8)11(2)12-10;1-4-2-3/h4-7,10H,3H2,1-2H3;2-3H2,1H3. The summed E-state index contributed by atoms with van der Waals surface area (Å²) in [6, 6.07) is 8.50. The van der Waals surface area contributed by atoms with Gasteiger partial charge in [-0.3, -0.25) is 0 Å². The second-order valence-corrected chi connectivity index (χ2v) is 4.67. The van der Waals surface area contributed by atoms with Crippen molar-refractivity contribution in [2.24, 2.45) is 5.73 Å². The van der Waals surface area contributed by atoms with Crippen LogP contribution in [0.15, 0.2) is 24.3 Å². The van der Waals surface area contributed by atoms with Crippen LogP contribution < -0.4 is 11.2 Å². The molecule has 2 N–H and O–H groups in total. The molecule has 2 nitrogen and oxygen atoms in total. The summed E-state index contributed by atoms with van der Waals surface area (Å²) >= 11 is 1.63. The molecule has 0 amide bonds. The molecule has 0 bridgehead atoms. The van der Waals surface area contributed by atoms with Crippen molar-refractivity contribution in [3.63, 3.8) is 0 Å². The molecule has 88 valence electrons. The Kier molecular flexibility index (Phi) is 5.95. The van der Waals surface area contributed by atoms with Gasteiger partial charge in [-0.2, -0.15) is 11.8 Å². The van der Waals surface area contributed by atoms with E-state index in [1.54, 1.807) is 11.8 Å². The maximum Gasteiger partial charge on any atom is 0.324 e. The van der Waals surface area contributed by atoms with Gasteiger partial charge in [0.05, 0.1) is 6.10 Å². The van der Waals surface area contributed by atoms with Crippen molar-refractivity contribution in [1.29, 1.82) is 0 Å². The topological polar surface area (TPSA) is 35.2 Å². The number of hydrogen-bond acceptors (Lipinski definition) is 3. The van der Waals surface area contributed by atoms with Crippen LogP contribution in [0, 0.1) is 0 Å². The van der Waals surface area contributed by atoms with Gasteiger partial charge in [0.15, 0.2) is 0 Å². The summed E-state index contributed by atoms with van der Waals surface area (Å²) in [6.45, 7) is 4.57. The number of benzene rings is 1. The second-order valence-electron chi connectivity index (χ2n) is 3.76. The Labute approximate surface area is 103 Å². The van der Waals surface area contributed by atoms with Crippen LogP contribution in [-0.4, -0.2) is 19.0 Å². The van der Waals surface area contributed by atoms with Crippen molar-refractivity contribution < 1.29 is 4.65 Å². The third kappa shape index (κ3) is 3.27. The molecule has 0 aliphatic carbocycles. The van der Waals surface area contributed by atoms with Gasteiger partial charge in [0, 0.05) is 5.88 Å². The zero-order valence-electron chi connectivity index (χ0n) is 10.3. The minimum atomic E-state index is 0.283. The number of rotatable bonds is 2. The first-order valence-electron chi connectivity index (χ1n) is 5.67. The van der Waals surface area contributed by atoms with E-state index in [2.05, 4.69) is 38.0 Å². The lowest BCUT2D eigenvalue weighted by atomic mass is 9.64. The molecule has 4 heteroatoms. The summed E-state index contributed by atoms with van der Waals surface area (Å²) < 4.78 is 5.78. The van der Waals surface area contributed by atoms with E-state index in [9.17, 15) is 0 Å². The average molecular weight is 237 g/mol. The normalized spacial score (nSPS) is 17.8. The molecular formula is C12H20BNOS. The first-order valence-corrected chi connectivity index (χ1v) is 7.07. The molecule has 0 spiro atoms. The highest BCUT2D eigenvalue weighted by Gasteiger charge is 2.29. The van der Waals surface area contributed by atoms with E-state index in [-0.39, 0.29) is 6.92 Å². The summed E-state index contributed by atoms with van der Waals surface area (Å²) in [6.07, 6.45) is 3.37. The Morgan fingerprint density at radius 3 is 2.62 bits per heavy atom. The average Bonchev–Trinajstić information content (AvgIpc) is 2.67. The summed E-state index contributed by atoms with van der Waals surface area (Å²) in [7, 11) is 0. The Bertz CT molecular complexity index is 320. The predicted octanol–water partition coefficient (Wildman–Crippen LogP) is 2.26. The van der Waals surface area contributed by atoms with Crippen LogP contribution in [0.5, 0.6) is 0 Å². The van der Waals surface area contributed by atoms with Crippen LogP contribution in [0.4, 0.5) is 0 Å². The maximum absolute atomic E-state index is 5.78. The van der Waals surface area contributed by atoms with E-state index >= 15 is 0 Å². The molecule has 2 rings (SSSR count). The van der Waals surface area contributed by atoms with E-state index in [0.29, 0.717) is 6.10 Å². The zero-order chi connectivity index (χ0) is 12.0. The molecule has 1 atom stereocenters. The van der Waals surface area contributed by atoms with E-state index in [1.165, 1.54) is 11.0 Å². The molecule has 1 unspecified atom stereocenters. The fourth-order valence-corrected chi connectivity index (χ4v) is 1.88. The van der Waals surface area contributed by atoms with Gasteiger partial charge in [0.2, 0.25) is 0 Å². The molecular weight excluding hydrogens is 217 g/mol. The van der Waals surface area contributed by atoms with Crippen LogP contribution in [0.2, 0.25) is 6.82 Å². The highest BCUT2D eigenvalue weighted by atomic mass is 32.2. The van der Waals surface area contributed by atoms with Crippen LogP contribution >= 0.6 is 11.8 Å². The highest BCUT2D eigenvalue weighted by molar-refractivity contribution is 7.98. The van der Waals surface area contributed by atoms with Crippen molar-refractivity contribution in [2.75, 3.05) is 12.1 Å². The van der Waals surface area contributed by atoms with Crippen LogP contribution in [0.25, 0.3) is 0 Å². The second kappa shape index (κ2) is 6.99. The fourth-order valence-electron chi connectivity index (χ4n) is 1.88. The van der Waals surface area contributed by atoms with Gasteiger partial charge < -0.3 is 10.4 Å². The molecule has 1 aromatic carbocycles. The molecule has 0 fully saturated rings. The number of fused-ring (bicyclic) bond motifs is 1. The Morgan fingerprint density at radius 1 is 1.44 bits per heavy atom. The fraction of sp³-hybridized carbons (Fsp3) is 0.500. The summed E-state index contributed by atoms with van der Waals surface area (Å²) in [5.74, 6) is 0.736. The molecule has 1 heterocycles. The number of hydrogen-bond donors (Lipinski definition) is 1. The van der Waals surface area contributed by atoms with Gasteiger partial charge in [0.1, 0.15) is 0 Å². The highest BCUT2D eigenvalue weighted by Crippen LogP contribution is 2.26. The summed E-state index contributed by atoms with van der Waals surface area (Å²) in [4.78, 5) is 0. The smallest absolute Gasteiger partial charge is 0.324 e. The molecule has 16 heavy (non-hydrogen) atoms. The first kappa shape index (κ1) is 13.6. The monoisotopic (exact) mass is 237 g/mol. The third-order valence-electron chi connectivity index (χ3n) is 2.69. The van der Waals surface area contributed by atoms with Gasteiger partial charge in [-0.1, -0.05) is 38.0 Å². The quantitative estimate of drug-likeness (QED) is 0.633.